The van der Waals surface area contributed by atoms with Crippen molar-refractivity contribution in [3.05, 3.63) is 66.1 Å². The number of aliphatic hydroxyl groups is 1. The third kappa shape index (κ3) is 6.97. The number of hydrogen-bond donors (Lipinski definition) is 3. The fourth-order valence-corrected chi connectivity index (χ4v) is 4.93. The average molecular weight is 547 g/mol. The Labute approximate surface area is 227 Å². The molecule has 202 valence electrons. The van der Waals surface area contributed by atoms with E-state index < -0.39 is 10.1 Å². The molecule has 4 aromatic rings. The van der Waals surface area contributed by atoms with E-state index in [0.717, 1.165) is 53.8 Å². The second-order valence-electron chi connectivity index (χ2n) is 10.2. The molecule has 2 aliphatic rings. The molecule has 11 heteroatoms. The molecule has 0 aliphatic heterocycles. The number of fused-ring (bicyclic) bond motifs is 1. The molecular formula is C28H30N6O4S. The smallest absolute Gasteiger partial charge is 0.261 e. The number of nitriles is 1. The van der Waals surface area contributed by atoms with Gasteiger partial charge in [0.05, 0.1) is 47.0 Å². The lowest BCUT2D eigenvalue weighted by Crippen LogP contribution is -2.20. The van der Waals surface area contributed by atoms with Gasteiger partial charge >= 0.3 is 0 Å². The van der Waals surface area contributed by atoms with Crippen LogP contribution in [0.3, 0.4) is 0 Å². The van der Waals surface area contributed by atoms with Crippen molar-refractivity contribution in [3.8, 4) is 17.3 Å². The van der Waals surface area contributed by atoms with Gasteiger partial charge in [-0.3, -0.25) is 4.55 Å². The first-order chi connectivity index (χ1) is 18.7. The molecule has 3 N–H and O–H groups in total. The van der Waals surface area contributed by atoms with Crippen molar-refractivity contribution in [2.75, 3.05) is 11.6 Å². The predicted octanol–water partition coefficient (Wildman–Crippen LogP) is 4.97. The number of aliphatic hydroxyl groups excluding tert-OH is 1. The van der Waals surface area contributed by atoms with Crippen LogP contribution in [0, 0.1) is 11.3 Å². The Hall–Kier alpha value is -3.85. The summed E-state index contributed by atoms with van der Waals surface area (Å²) in [5.74, 6) is 1.91. The van der Waals surface area contributed by atoms with E-state index in [0.29, 0.717) is 29.6 Å². The fourth-order valence-electron chi connectivity index (χ4n) is 4.93. The van der Waals surface area contributed by atoms with Crippen LogP contribution in [0.5, 0.6) is 0 Å². The summed E-state index contributed by atoms with van der Waals surface area (Å²) in [5, 5.41) is 22.3. The van der Waals surface area contributed by atoms with E-state index in [-0.39, 0.29) is 6.10 Å². The molecule has 0 radical (unpaired) electrons. The molecule has 0 unspecified atom stereocenters. The van der Waals surface area contributed by atoms with Gasteiger partial charge in [-0.05, 0) is 86.4 Å². The third-order valence-electron chi connectivity index (χ3n) is 6.97. The lowest BCUT2D eigenvalue weighted by molar-refractivity contribution is 0.111. The van der Waals surface area contributed by atoms with Gasteiger partial charge in [0, 0.05) is 17.8 Å². The first kappa shape index (κ1) is 26.7. The maximum Gasteiger partial charge on any atom is 0.261 e. The number of hydrogen-bond acceptors (Lipinski definition) is 8. The van der Waals surface area contributed by atoms with E-state index in [4.69, 9.17) is 14.5 Å². The summed E-state index contributed by atoms with van der Waals surface area (Å²) in [4.78, 5) is 13.9. The summed E-state index contributed by atoms with van der Waals surface area (Å²) >= 11 is 0. The Bertz CT molecular complexity index is 1630. The van der Waals surface area contributed by atoms with Crippen molar-refractivity contribution in [2.45, 2.75) is 56.6 Å². The van der Waals surface area contributed by atoms with E-state index in [2.05, 4.69) is 51.3 Å². The maximum absolute atomic E-state index is 9.85. The van der Waals surface area contributed by atoms with Crippen molar-refractivity contribution in [1.82, 2.24) is 19.5 Å². The first-order valence-electron chi connectivity index (χ1n) is 12.9. The highest BCUT2D eigenvalue weighted by atomic mass is 32.2. The fraction of sp³-hybridized carbons (Fsp3) is 0.357. The highest BCUT2D eigenvalue weighted by Gasteiger charge is 2.25. The summed E-state index contributed by atoms with van der Waals surface area (Å²) < 4.78 is 28.1. The van der Waals surface area contributed by atoms with E-state index in [1.54, 1.807) is 18.3 Å². The summed E-state index contributed by atoms with van der Waals surface area (Å²) in [6.07, 6.45) is 10.2. The minimum Gasteiger partial charge on any atom is -0.393 e. The monoisotopic (exact) mass is 546 g/mol. The van der Waals surface area contributed by atoms with E-state index in [1.165, 1.54) is 18.4 Å². The Morgan fingerprint density at radius 1 is 1.00 bits per heavy atom. The van der Waals surface area contributed by atoms with Crippen LogP contribution >= 0.6 is 0 Å². The van der Waals surface area contributed by atoms with Crippen LogP contribution in [0.15, 0.2) is 55.0 Å². The third-order valence-corrected chi connectivity index (χ3v) is 6.97. The zero-order valence-electron chi connectivity index (χ0n) is 21.5. The van der Waals surface area contributed by atoms with Gasteiger partial charge in [-0.15, -0.1) is 0 Å². The number of anilines is 2. The maximum atomic E-state index is 9.85. The lowest BCUT2D eigenvalue weighted by atomic mass is 9.93. The molecule has 2 aliphatic carbocycles. The molecule has 0 amide bonds. The first-order valence-corrected chi connectivity index (χ1v) is 14.7. The number of rotatable bonds is 5. The molecule has 0 spiro atoms. The van der Waals surface area contributed by atoms with Gasteiger partial charge in [-0.1, -0.05) is 6.07 Å². The van der Waals surface area contributed by atoms with Crippen molar-refractivity contribution in [3.63, 3.8) is 0 Å². The van der Waals surface area contributed by atoms with Crippen molar-refractivity contribution in [2.24, 2.45) is 0 Å². The Balaban J connectivity index is 0.000000567. The normalized spacial score (nSPS) is 19.1. The zero-order valence-corrected chi connectivity index (χ0v) is 22.3. The van der Waals surface area contributed by atoms with E-state index in [1.807, 2.05) is 6.33 Å². The minimum atomic E-state index is -3.67. The molecule has 2 saturated carbocycles. The Morgan fingerprint density at radius 2 is 1.74 bits per heavy atom. The van der Waals surface area contributed by atoms with Crippen LogP contribution in [0.2, 0.25) is 0 Å². The number of nitrogens with zero attached hydrogens (tertiary/aromatic N) is 5. The average Bonchev–Trinajstić information content (AvgIpc) is 3.67. The van der Waals surface area contributed by atoms with Gasteiger partial charge in [-0.25, -0.2) is 15.0 Å². The zero-order chi connectivity index (χ0) is 27.6. The quantitative estimate of drug-likeness (QED) is 0.294. The second-order valence-corrected chi connectivity index (χ2v) is 11.6. The molecular weight excluding hydrogens is 516 g/mol. The molecule has 39 heavy (non-hydrogen) atoms. The number of pyridine rings is 2. The van der Waals surface area contributed by atoms with Gasteiger partial charge in [0.15, 0.2) is 0 Å². The highest BCUT2D eigenvalue weighted by Crippen LogP contribution is 2.42. The topological polar surface area (TPSA) is 154 Å². The molecule has 0 saturated heterocycles. The number of benzene rings is 1. The Morgan fingerprint density at radius 3 is 2.44 bits per heavy atom. The van der Waals surface area contributed by atoms with Crippen LogP contribution < -0.4 is 5.32 Å². The molecule has 1 aromatic carbocycles. The lowest BCUT2D eigenvalue weighted by Gasteiger charge is -2.26. The van der Waals surface area contributed by atoms with Gasteiger partial charge in [0.1, 0.15) is 11.6 Å². The summed E-state index contributed by atoms with van der Waals surface area (Å²) in [5.41, 5.74) is 5.85. The number of nitrogens with one attached hydrogen (secondary N) is 1. The molecule has 2 fully saturated rings. The van der Waals surface area contributed by atoms with Crippen molar-refractivity contribution >= 4 is 32.8 Å². The van der Waals surface area contributed by atoms with E-state index in [9.17, 15) is 18.8 Å². The van der Waals surface area contributed by atoms with Gasteiger partial charge in [0.2, 0.25) is 0 Å². The van der Waals surface area contributed by atoms with Crippen LogP contribution in [0.4, 0.5) is 11.6 Å². The highest BCUT2D eigenvalue weighted by molar-refractivity contribution is 7.85. The number of imidazole rings is 1. The minimum absolute atomic E-state index is 0.164. The summed E-state index contributed by atoms with van der Waals surface area (Å²) in [7, 11) is -3.67. The Kier molecular flexibility index (Phi) is 7.61. The predicted molar refractivity (Wildman–Crippen MR) is 148 cm³/mol. The van der Waals surface area contributed by atoms with E-state index >= 15 is 0 Å². The van der Waals surface area contributed by atoms with Crippen molar-refractivity contribution in [1.29, 1.82) is 5.26 Å². The largest absolute Gasteiger partial charge is 0.393 e. The van der Waals surface area contributed by atoms with Gasteiger partial charge in [0.25, 0.3) is 10.1 Å². The van der Waals surface area contributed by atoms with Gasteiger partial charge in [-0.2, -0.15) is 13.7 Å². The SMILES string of the molecule is CS(=O)(=O)O.N#Cc1ccnc(Nc2cc(C3CC3)cc(-c3ccc4c(c3)ncn4C3CCC(O)CC3)n2)c1. The van der Waals surface area contributed by atoms with Gasteiger partial charge < -0.3 is 15.0 Å². The standard InChI is InChI=1S/C27H26N6O.CH4O3S/c28-15-17-9-10-29-26(11-17)32-27-14-20(18-1-2-18)13-23(31-27)19-3-8-25-24(12-19)30-16-33(25)21-4-6-22(34)7-5-21;1-5(2,3)4/h3,8-14,16,18,21-22,34H,1-2,4-7H2,(H,29,31,32);1H3,(H,2,3,4). The molecule has 6 rings (SSSR count). The molecule has 10 nitrogen and oxygen atoms in total. The second kappa shape index (κ2) is 11.1. The van der Waals surface area contributed by atoms with Crippen LogP contribution in [-0.2, 0) is 10.1 Å². The number of aromatic nitrogens is 4. The van der Waals surface area contributed by atoms with Crippen LogP contribution in [0.25, 0.3) is 22.3 Å². The molecule has 0 bridgehead atoms. The molecule has 3 aromatic heterocycles. The summed E-state index contributed by atoms with van der Waals surface area (Å²) in [6, 6.07) is 16.6. The molecule has 0 atom stereocenters. The van der Waals surface area contributed by atoms with Crippen LogP contribution in [-0.4, -0.2) is 50.0 Å². The van der Waals surface area contributed by atoms with Crippen molar-refractivity contribution < 1.29 is 18.1 Å². The van der Waals surface area contributed by atoms with Crippen LogP contribution in [0.1, 0.15) is 61.6 Å². The molecule has 3 heterocycles. The summed E-state index contributed by atoms with van der Waals surface area (Å²) in [6.45, 7) is 0.